The van der Waals surface area contributed by atoms with Crippen molar-refractivity contribution in [3.05, 3.63) is 59.0 Å². The highest BCUT2D eigenvalue weighted by molar-refractivity contribution is 6.40. The van der Waals surface area contributed by atoms with E-state index < -0.39 is 6.04 Å². The van der Waals surface area contributed by atoms with Crippen molar-refractivity contribution < 1.29 is 9.47 Å². The highest BCUT2D eigenvalue weighted by Crippen LogP contribution is 2.36. The summed E-state index contributed by atoms with van der Waals surface area (Å²) in [7, 11) is 3.17. The first-order chi connectivity index (χ1) is 15.0. The van der Waals surface area contributed by atoms with E-state index in [0.29, 0.717) is 38.8 Å². The van der Waals surface area contributed by atoms with Crippen molar-refractivity contribution in [3.63, 3.8) is 0 Å². The number of halogens is 2. The molecule has 156 valence electrons. The van der Waals surface area contributed by atoms with E-state index in [9.17, 15) is 0 Å². The molecule has 31 heavy (non-hydrogen) atoms. The molecule has 0 spiro atoms. The fraction of sp³-hybridized carbons (Fsp3) is 0.136. The van der Waals surface area contributed by atoms with Crippen LogP contribution < -0.4 is 15.2 Å². The highest BCUT2D eigenvalue weighted by atomic mass is 35.5. The quantitative estimate of drug-likeness (QED) is 0.575. The number of allylic oxidation sites excluding steroid dienone is 4. The largest absolute Gasteiger partial charge is 0.493 e. The third kappa shape index (κ3) is 3.96. The van der Waals surface area contributed by atoms with Crippen molar-refractivity contribution >= 4 is 29.0 Å². The summed E-state index contributed by atoms with van der Waals surface area (Å²) in [5.41, 5.74) is 8.47. The van der Waals surface area contributed by atoms with Crippen LogP contribution in [-0.4, -0.2) is 34.0 Å². The number of nitrogens with zero attached hydrogens (tertiary/aromatic N) is 4. The average molecular weight is 454 g/mol. The first kappa shape index (κ1) is 20.8. The van der Waals surface area contributed by atoms with Crippen molar-refractivity contribution in [2.24, 2.45) is 0 Å². The number of ether oxygens (including phenoxy) is 2. The Morgan fingerprint density at radius 1 is 1.10 bits per heavy atom. The van der Waals surface area contributed by atoms with Gasteiger partial charge in [0.1, 0.15) is 18.2 Å². The molecule has 0 saturated heterocycles. The molecule has 1 unspecified atom stereocenters. The molecule has 0 aliphatic heterocycles. The van der Waals surface area contributed by atoms with E-state index in [4.69, 9.17) is 38.4 Å². The van der Waals surface area contributed by atoms with E-state index in [1.54, 1.807) is 37.1 Å². The van der Waals surface area contributed by atoms with Gasteiger partial charge in [-0.1, -0.05) is 41.1 Å². The minimum atomic E-state index is -0.557. The van der Waals surface area contributed by atoms with Crippen LogP contribution in [0.1, 0.15) is 6.04 Å². The number of nitrogens with two attached hydrogens (primary N) is 1. The van der Waals surface area contributed by atoms with Crippen molar-refractivity contribution in [1.29, 1.82) is 0 Å². The molecule has 1 aromatic carbocycles. The molecule has 4 rings (SSSR count). The topological polar surface area (TPSA) is 88.1 Å². The number of hydrogen-bond donors (Lipinski definition) is 1. The molecule has 7 nitrogen and oxygen atoms in total. The van der Waals surface area contributed by atoms with Gasteiger partial charge in [-0.2, -0.15) is 0 Å². The molecular weight excluding hydrogens is 437 g/mol. The van der Waals surface area contributed by atoms with E-state index >= 15 is 0 Å². The summed E-state index contributed by atoms with van der Waals surface area (Å²) < 4.78 is 12.4. The maximum absolute atomic E-state index is 6.46. The maximum atomic E-state index is 6.46. The van der Waals surface area contributed by atoms with Crippen molar-refractivity contribution in [1.82, 2.24) is 19.7 Å². The van der Waals surface area contributed by atoms with Gasteiger partial charge < -0.3 is 15.2 Å². The summed E-state index contributed by atoms with van der Waals surface area (Å²) in [6.07, 6.45) is 6.51. The van der Waals surface area contributed by atoms with E-state index in [2.05, 4.69) is 27.0 Å². The number of methoxy groups -OCH3 is 2. The molecule has 0 fully saturated rings. The number of rotatable bonds is 5. The van der Waals surface area contributed by atoms with Crippen LogP contribution in [0.5, 0.6) is 11.5 Å². The lowest BCUT2D eigenvalue weighted by Gasteiger charge is -2.16. The lowest BCUT2D eigenvalue weighted by atomic mass is 10.0. The van der Waals surface area contributed by atoms with Crippen LogP contribution in [0.3, 0.4) is 0 Å². The Bertz CT molecular complexity index is 1270. The number of hydrogen-bond acceptors (Lipinski definition) is 6. The predicted octanol–water partition coefficient (Wildman–Crippen LogP) is 4.41. The Balaban J connectivity index is 1.81. The molecule has 0 amide bonds. The monoisotopic (exact) mass is 453 g/mol. The number of aromatic nitrogens is 4. The van der Waals surface area contributed by atoms with Gasteiger partial charge in [-0.25, -0.2) is 4.98 Å². The second-order valence-corrected chi connectivity index (χ2v) is 7.32. The smallest absolute Gasteiger partial charge is 0.168 e. The molecular formula is C22H17Cl2N5O2. The number of benzene rings is 1. The molecule has 1 aliphatic carbocycles. The van der Waals surface area contributed by atoms with E-state index in [1.807, 2.05) is 24.3 Å². The van der Waals surface area contributed by atoms with E-state index in [-0.39, 0.29) is 0 Å². The van der Waals surface area contributed by atoms with Gasteiger partial charge in [-0.15, -0.1) is 10.2 Å². The van der Waals surface area contributed by atoms with Gasteiger partial charge in [0.25, 0.3) is 0 Å². The zero-order valence-corrected chi connectivity index (χ0v) is 18.1. The van der Waals surface area contributed by atoms with E-state index in [1.165, 1.54) is 6.33 Å². The maximum Gasteiger partial charge on any atom is 0.168 e. The predicted molar refractivity (Wildman–Crippen MR) is 121 cm³/mol. The Morgan fingerprint density at radius 2 is 1.90 bits per heavy atom. The van der Waals surface area contributed by atoms with Gasteiger partial charge in [0.05, 0.1) is 29.8 Å². The number of anilines is 1. The van der Waals surface area contributed by atoms with Crippen LogP contribution in [0.25, 0.3) is 22.5 Å². The van der Waals surface area contributed by atoms with Gasteiger partial charge in [0.15, 0.2) is 17.3 Å². The standard InChI is InChI=1S/C22H17Cl2N5O2/c1-30-18-8-7-13(10-19(18)31-2)14-9-15(21(25)26-11-14)22-28-27-12-29(22)17-6-4-3-5-16(23)20(17)24/h3,5,7-12,17H,1-2H3,(H2,25,26). The van der Waals surface area contributed by atoms with Gasteiger partial charge >= 0.3 is 0 Å². The van der Waals surface area contributed by atoms with Gasteiger partial charge in [0, 0.05) is 11.8 Å². The number of pyridine rings is 1. The van der Waals surface area contributed by atoms with Crippen molar-refractivity contribution in [2.75, 3.05) is 20.0 Å². The second kappa shape index (κ2) is 8.72. The second-order valence-electron chi connectivity index (χ2n) is 6.51. The van der Waals surface area contributed by atoms with Crippen LogP contribution in [0, 0.1) is 11.8 Å². The SMILES string of the molecule is COc1ccc(-c2cnc(N)c(-c3nncn3C3C#CC=CC(Cl)=C3Cl)c2)cc1OC. The van der Waals surface area contributed by atoms with Crippen LogP contribution in [0.15, 0.2) is 59.0 Å². The molecule has 2 N–H and O–H groups in total. The Morgan fingerprint density at radius 3 is 2.68 bits per heavy atom. The van der Waals surface area contributed by atoms with Crippen LogP contribution >= 0.6 is 23.2 Å². The molecule has 2 heterocycles. The molecule has 2 aromatic heterocycles. The summed E-state index contributed by atoms with van der Waals surface area (Å²) in [6, 6.07) is 6.92. The molecule has 0 bridgehead atoms. The fourth-order valence-electron chi connectivity index (χ4n) is 3.16. The summed E-state index contributed by atoms with van der Waals surface area (Å²) >= 11 is 12.7. The fourth-order valence-corrected chi connectivity index (χ4v) is 3.55. The Hall–Kier alpha value is -3.47. The Kier molecular flexibility index (Phi) is 5.85. The normalized spacial score (nSPS) is 15.3. The minimum absolute atomic E-state index is 0.296. The van der Waals surface area contributed by atoms with Crippen molar-refractivity contribution in [2.45, 2.75) is 6.04 Å². The summed E-state index contributed by atoms with van der Waals surface area (Å²) in [6.45, 7) is 0. The van der Waals surface area contributed by atoms with Crippen LogP contribution in [-0.2, 0) is 0 Å². The van der Waals surface area contributed by atoms with Gasteiger partial charge in [-0.3, -0.25) is 4.57 Å². The zero-order valence-electron chi connectivity index (χ0n) is 16.6. The first-order valence-corrected chi connectivity index (χ1v) is 9.89. The van der Waals surface area contributed by atoms with Crippen LogP contribution in [0.4, 0.5) is 5.82 Å². The third-order valence-corrected chi connectivity index (χ3v) is 5.57. The molecule has 9 heteroatoms. The summed E-state index contributed by atoms with van der Waals surface area (Å²) in [4.78, 5) is 4.35. The Labute approximate surface area is 189 Å². The molecule has 3 aromatic rings. The molecule has 1 atom stereocenters. The highest BCUT2D eigenvalue weighted by Gasteiger charge is 2.22. The van der Waals surface area contributed by atoms with Crippen molar-refractivity contribution in [3.8, 4) is 45.9 Å². The average Bonchev–Trinajstić information content (AvgIpc) is 3.21. The molecule has 1 aliphatic rings. The van der Waals surface area contributed by atoms with Gasteiger partial charge in [-0.05, 0) is 35.9 Å². The molecule has 0 saturated carbocycles. The lowest BCUT2D eigenvalue weighted by molar-refractivity contribution is 0.355. The van der Waals surface area contributed by atoms with E-state index in [0.717, 1.165) is 11.1 Å². The molecule has 0 radical (unpaired) electrons. The minimum Gasteiger partial charge on any atom is -0.493 e. The zero-order chi connectivity index (χ0) is 22.0. The first-order valence-electron chi connectivity index (χ1n) is 9.14. The summed E-state index contributed by atoms with van der Waals surface area (Å²) in [5, 5.41) is 9.03. The number of nitrogen functional groups attached to an aromatic ring is 1. The summed E-state index contributed by atoms with van der Waals surface area (Å²) in [5.74, 6) is 7.96. The third-order valence-electron chi connectivity index (χ3n) is 4.73. The lowest BCUT2D eigenvalue weighted by Crippen LogP contribution is -2.10. The van der Waals surface area contributed by atoms with Gasteiger partial charge in [0.2, 0.25) is 0 Å². The van der Waals surface area contributed by atoms with Crippen LogP contribution in [0.2, 0.25) is 0 Å².